The highest BCUT2D eigenvalue weighted by atomic mass is 35.5. The molecule has 0 atom stereocenters. The van der Waals surface area contributed by atoms with Gasteiger partial charge in [-0.2, -0.15) is 5.26 Å². The minimum Gasteiger partial charge on any atom is -0.495 e. The van der Waals surface area contributed by atoms with Crippen molar-refractivity contribution in [3.63, 3.8) is 0 Å². The highest BCUT2D eigenvalue weighted by Crippen LogP contribution is 2.38. The molecule has 0 aliphatic carbocycles. The number of anilines is 3. The van der Waals surface area contributed by atoms with Crippen LogP contribution in [0.2, 0.25) is 5.02 Å². The summed E-state index contributed by atoms with van der Waals surface area (Å²) in [5.41, 5.74) is 3.44. The van der Waals surface area contributed by atoms with Gasteiger partial charge < -0.3 is 25.0 Å². The van der Waals surface area contributed by atoms with Gasteiger partial charge in [-0.3, -0.25) is 9.78 Å². The lowest BCUT2D eigenvalue weighted by atomic mass is 10.0. The number of carbonyl (C=O) groups excluding carboxylic acids is 1. The summed E-state index contributed by atoms with van der Waals surface area (Å²) in [5, 5.41) is 17.3. The largest absolute Gasteiger partial charge is 0.495 e. The smallest absolute Gasteiger partial charge is 0.248 e. The number of rotatable bonds is 10. The second-order valence-electron chi connectivity index (χ2n) is 8.20. The van der Waals surface area contributed by atoms with Crippen molar-refractivity contribution in [2.45, 2.75) is 20.3 Å². The number of nitriles is 1. The highest BCUT2D eigenvalue weighted by Gasteiger charge is 2.18. The van der Waals surface area contributed by atoms with Crippen molar-refractivity contribution in [1.29, 1.82) is 5.26 Å². The predicted octanol–water partition coefficient (Wildman–Crippen LogP) is 5.53. The average molecular weight is 508 g/mol. The van der Waals surface area contributed by atoms with E-state index >= 15 is 0 Å². The molecule has 3 rings (SSSR count). The van der Waals surface area contributed by atoms with E-state index in [0.29, 0.717) is 75.3 Å². The Hall–Kier alpha value is -3.80. The number of methoxy groups -OCH3 is 1. The van der Waals surface area contributed by atoms with Crippen molar-refractivity contribution in [3.8, 4) is 17.6 Å². The van der Waals surface area contributed by atoms with Crippen LogP contribution in [-0.4, -0.2) is 50.1 Å². The van der Waals surface area contributed by atoms with Gasteiger partial charge >= 0.3 is 0 Å². The van der Waals surface area contributed by atoms with Crippen LogP contribution in [0.5, 0.6) is 11.5 Å². The zero-order valence-corrected chi connectivity index (χ0v) is 21.9. The quantitative estimate of drug-likeness (QED) is 0.348. The molecule has 1 aromatic heterocycles. The Morgan fingerprint density at radius 1 is 1.22 bits per heavy atom. The third-order valence-electron chi connectivity index (χ3n) is 5.33. The van der Waals surface area contributed by atoms with Crippen molar-refractivity contribution in [1.82, 2.24) is 9.88 Å². The van der Waals surface area contributed by atoms with Crippen LogP contribution in [0.25, 0.3) is 10.9 Å². The molecule has 9 heteroatoms. The van der Waals surface area contributed by atoms with E-state index in [1.165, 1.54) is 6.08 Å². The molecule has 2 N–H and O–H groups in total. The number of carbonyl (C=O) groups is 1. The summed E-state index contributed by atoms with van der Waals surface area (Å²) in [7, 11) is 5.40. The normalized spacial score (nSPS) is 11.1. The molecule has 0 fully saturated rings. The number of hydrogen-bond acceptors (Lipinski definition) is 7. The van der Waals surface area contributed by atoms with E-state index in [9.17, 15) is 10.1 Å². The second kappa shape index (κ2) is 12.2. The summed E-state index contributed by atoms with van der Waals surface area (Å²) in [6.07, 6.45) is 3.83. The first-order valence-corrected chi connectivity index (χ1v) is 11.9. The van der Waals surface area contributed by atoms with Gasteiger partial charge in [0, 0.05) is 29.8 Å². The molecule has 0 saturated carbocycles. The number of hydrogen-bond donors (Lipinski definition) is 2. The number of amides is 1. The molecule has 0 unspecified atom stereocenters. The van der Waals surface area contributed by atoms with Crippen molar-refractivity contribution in [2.24, 2.45) is 0 Å². The molecule has 8 nitrogen and oxygen atoms in total. The molecule has 0 radical (unpaired) electrons. The summed E-state index contributed by atoms with van der Waals surface area (Å²) in [4.78, 5) is 19.3. The Morgan fingerprint density at radius 3 is 2.61 bits per heavy atom. The number of fused-ring (bicyclic) bond motifs is 1. The molecule has 1 heterocycles. The van der Waals surface area contributed by atoms with E-state index in [0.717, 1.165) is 0 Å². The summed E-state index contributed by atoms with van der Waals surface area (Å²) in [5.74, 6) is 0.759. The lowest BCUT2D eigenvalue weighted by molar-refractivity contribution is -0.111. The van der Waals surface area contributed by atoms with Crippen LogP contribution < -0.4 is 20.1 Å². The number of ether oxygens (including phenoxy) is 2. The first-order valence-electron chi connectivity index (χ1n) is 11.6. The average Bonchev–Trinajstić information content (AvgIpc) is 2.84. The van der Waals surface area contributed by atoms with E-state index in [4.69, 9.17) is 26.1 Å². The van der Waals surface area contributed by atoms with Crippen LogP contribution in [0.3, 0.4) is 0 Å². The van der Waals surface area contributed by atoms with Gasteiger partial charge in [-0.1, -0.05) is 24.6 Å². The molecule has 0 bridgehead atoms. The fourth-order valence-corrected chi connectivity index (χ4v) is 3.91. The second-order valence-corrected chi connectivity index (χ2v) is 8.61. The summed E-state index contributed by atoms with van der Waals surface area (Å²) in [6, 6.07) is 11.1. The first-order chi connectivity index (χ1) is 17.3. The van der Waals surface area contributed by atoms with Crippen LogP contribution in [-0.2, 0) is 11.2 Å². The third kappa shape index (κ3) is 6.25. The van der Waals surface area contributed by atoms with Crippen molar-refractivity contribution in [3.05, 3.63) is 58.8 Å². The maximum Gasteiger partial charge on any atom is 0.248 e. The van der Waals surface area contributed by atoms with E-state index in [2.05, 4.69) is 16.7 Å². The molecule has 1 amide bonds. The lowest BCUT2D eigenvalue weighted by Gasteiger charge is -2.18. The maximum atomic E-state index is 12.6. The van der Waals surface area contributed by atoms with Gasteiger partial charge in [-0.25, -0.2) is 0 Å². The molecular formula is C27H30ClN5O3. The van der Waals surface area contributed by atoms with Gasteiger partial charge in [0.05, 0.1) is 46.9 Å². The maximum absolute atomic E-state index is 12.6. The van der Waals surface area contributed by atoms with Gasteiger partial charge in [-0.15, -0.1) is 0 Å². The SMILES string of the molecule is CCOc1cc2nc(CC)c(C#N)c(Nc3ccc(OC)c(Cl)c3)c2cc1NC(=O)/C=C/CN(C)C. The lowest BCUT2D eigenvalue weighted by Crippen LogP contribution is -2.13. The van der Waals surface area contributed by atoms with Gasteiger partial charge in [0.2, 0.25) is 5.91 Å². The predicted molar refractivity (Wildman–Crippen MR) is 145 cm³/mol. The Bertz CT molecular complexity index is 1330. The molecule has 2 aromatic carbocycles. The van der Waals surface area contributed by atoms with E-state index < -0.39 is 0 Å². The Labute approximate surface area is 216 Å². The Morgan fingerprint density at radius 2 is 2.00 bits per heavy atom. The number of aryl methyl sites for hydroxylation is 1. The molecule has 0 aliphatic rings. The fraction of sp³-hybridized carbons (Fsp3) is 0.296. The molecular weight excluding hydrogens is 478 g/mol. The van der Waals surface area contributed by atoms with Crippen molar-refractivity contribution in [2.75, 3.05) is 45.0 Å². The Kier molecular flexibility index (Phi) is 9.12. The minimum absolute atomic E-state index is 0.285. The zero-order valence-electron chi connectivity index (χ0n) is 21.1. The van der Waals surface area contributed by atoms with Crippen LogP contribution in [0.15, 0.2) is 42.5 Å². The van der Waals surface area contributed by atoms with Gasteiger partial charge in [-0.05, 0) is 51.7 Å². The standard InChI is InChI=1S/C27H30ClN5O3/c1-6-21-19(16-29)27(30-17-10-11-24(35-5)20(28)13-17)18-14-23(25(36-7-2)15-22(18)31-21)32-26(34)9-8-12-33(3)4/h8-11,13-15H,6-7,12H2,1-5H3,(H,30,31)(H,32,34)/b9-8+. The number of halogens is 1. The third-order valence-corrected chi connectivity index (χ3v) is 5.62. The molecule has 3 aromatic rings. The van der Waals surface area contributed by atoms with Gasteiger partial charge in [0.25, 0.3) is 0 Å². The van der Waals surface area contributed by atoms with Crippen LogP contribution in [0, 0.1) is 11.3 Å². The molecule has 36 heavy (non-hydrogen) atoms. The van der Waals surface area contributed by atoms with E-state index in [-0.39, 0.29) is 5.91 Å². The molecule has 0 spiro atoms. The molecule has 0 aliphatic heterocycles. The number of nitrogens with one attached hydrogen (secondary N) is 2. The zero-order chi connectivity index (χ0) is 26.2. The number of aromatic nitrogens is 1. The highest BCUT2D eigenvalue weighted by molar-refractivity contribution is 6.32. The monoisotopic (exact) mass is 507 g/mol. The van der Waals surface area contributed by atoms with Gasteiger partial charge in [0.1, 0.15) is 17.6 Å². The van der Waals surface area contributed by atoms with Gasteiger partial charge in [0.15, 0.2) is 0 Å². The van der Waals surface area contributed by atoms with Crippen molar-refractivity contribution < 1.29 is 14.3 Å². The minimum atomic E-state index is -0.285. The van der Waals surface area contributed by atoms with Crippen LogP contribution in [0.1, 0.15) is 25.1 Å². The van der Waals surface area contributed by atoms with Crippen molar-refractivity contribution >= 4 is 45.5 Å². The topological polar surface area (TPSA) is 99.5 Å². The van der Waals surface area contributed by atoms with Crippen LogP contribution in [0.4, 0.5) is 17.1 Å². The van der Waals surface area contributed by atoms with E-state index in [1.54, 1.807) is 37.5 Å². The van der Waals surface area contributed by atoms with Crippen LogP contribution >= 0.6 is 11.6 Å². The number of likely N-dealkylation sites (N-methyl/N-ethyl adjacent to an activating group) is 1. The molecule has 0 saturated heterocycles. The Balaban J connectivity index is 2.15. The number of nitrogens with zero attached hydrogens (tertiary/aromatic N) is 3. The number of pyridine rings is 1. The summed E-state index contributed by atoms with van der Waals surface area (Å²) < 4.78 is 11.1. The molecule has 188 valence electrons. The van der Waals surface area contributed by atoms with E-state index in [1.807, 2.05) is 38.9 Å². The fourth-order valence-electron chi connectivity index (χ4n) is 3.65. The first kappa shape index (κ1) is 26.8. The summed E-state index contributed by atoms with van der Waals surface area (Å²) in [6.45, 7) is 4.87. The number of benzene rings is 2. The summed E-state index contributed by atoms with van der Waals surface area (Å²) >= 11 is 6.33.